The quantitative estimate of drug-likeness (QED) is 0.686. The van der Waals surface area contributed by atoms with Crippen LogP contribution in [-0.4, -0.2) is 30.2 Å². The van der Waals surface area contributed by atoms with Gasteiger partial charge in [0.2, 0.25) is 0 Å². The molecular weight excluding hydrogens is 300 g/mol. The van der Waals surface area contributed by atoms with Crippen LogP contribution in [0.1, 0.15) is 52.4 Å². The Morgan fingerprint density at radius 2 is 1.92 bits per heavy atom. The molecule has 3 nitrogen and oxygen atoms in total. The second kappa shape index (κ2) is 4.96. The van der Waals surface area contributed by atoms with Crippen LogP contribution in [0.15, 0.2) is 23.8 Å². The molecule has 0 aromatic carbocycles. The molecule has 3 fully saturated rings. The minimum atomic E-state index is -0.462. The zero-order chi connectivity index (χ0) is 16.6. The average Bonchev–Trinajstić information content (AvgIpc) is 3.15. The van der Waals surface area contributed by atoms with Crippen LogP contribution in [0.25, 0.3) is 0 Å². The van der Waals surface area contributed by atoms with Crippen molar-refractivity contribution in [3.63, 3.8) is 0 Å². The van der Waals surface area contributed by atoms with Gasteiger partial charge in [0.25, 0.3) is 0 Å². The maximum Gasteiger partial charge on any atom is 0.193 e. The highest BCUT2D eigenvalue weighted by Gasteiger charge is 2.64. The van der Waals surface area contributed by atoms with Gasteiger partial charge in [0.15, 0.2) is 5.79 Å². The predicted molar refractivity (Wildman–Crippen MR) is 92.3 cm³/mol. The van der Waals surface area contributed by atoms with Gasteiger partial charge in [-0.25, -0.2) is 0 Å². The lowest BCUT2D eigenvalue weighted by Crippen LogP contribution is -2.55. The second-order valence-corrected chi connectivity index (χ2v) is 9.25. The Bertz CT molecular complexity index is 602. The van der Waals surface area contributed by atoms with E-state index in [1.165, 1.54) is 18.4 Å². The molecule has 1 spiro atoms. The van der Waals surface area contributed by atoms with E-state index in [0.717, 1.165) is 44.8 Å². The van der Waals surface area contributed by atoms with Crippen LogP contribution in [0.2, 0.25) is 0 Å². The molecule has 4 aliphatic carbocycles. The molecule has 5 rings (SSSR count). The Morgan fingerprint density at radius 3 is 2.71 bits per heavy atom. The molecule has 0 radical (unpaired) electrons. The number of aliphatic hydroxyl groups is 1. The van der Waals surface area contributed by atoms with E-state index >= 15 is 0 Å². The molecular formula is C21H30O3. The first-order valence-corrected chi connectivity index (χ1v) is 9.83. The van der Waals surface area contributed by atoms with Crippen LogP contribution >= 0.6 is 0 Å². The SMILES string of the molecule is C[C@]12CCC(O)CC1=CCC1C2CC[C@@]2(C)C1C=CC21OCCO1. The number of hydrogen-bond acceptors (Lipinski definition) is 3. The summed E-state index contributed by atoms with van der Waals surface area (Å²) >= 11 is 0. The van der Waals surface area contributed by atoms with E-state index in [-0.39, 0.29) is 11.5 Å². The van der Waals surface area contributed by atoms with Crippen LogP contribution in [0, 0.1) is 28.6 Å². The summed E-state index contributed by atoms with van der Waals surface area (Å²) in [6.07, 6.45) is 13.6. The van der Waals surface area contributed by atoms with Gasteiger partial charge in [0.05, 0.1) is 19.3 Å². The number of rotatable bonds is 0. The van der Waals surface area contributed by atoms with Gasteiger partial charge < -0.3 is 14.6 Å². The van der Waals surface area contributed by atoms with Crippen LogP contribution < -0.4 is 0 Å². The van der Waals surface area contributed by atoms with Crippen LogP contribution in [0.5, 0.6) is 0 Å². The van der Waals surface area contributed by atoms with E-state index in [1.54, 1.807) is 0 Å². The molecule has 0 aromatic rings. The molecule has 0 bridgehead atoms. The molecule has 6 atom stereocenters. The fourth-order valence-corrected chi connectivity index (χ4v) is 6.93. The molecule has 3 heteroatoms. The van der Waals surface area contributed by atoms with Crippen molar-refractivity contribution in [3.05, 3.63) is 23.8 Å². The van der Waals surface area contributed by atoms with Crippen molar-refractivity contribution in [1.82, 2.24) is 0 Å². The van der Waals surface area contributed by atoms with Gasteiger partial charge in [-0.05, 0) is 67.8 Å². The molecule has 1 saturated heterocycles. The van der Waals surface area contributed by atoms with Gasteiger partial charge >= 0.3 is 0 Å². The molecule has 1 N–H and O–H groups in total. The summed E-state index contributed by atoms with van der Waals surface area (Å²) < 4.78 is 12.3. The summed E-state index contributed by atoms with van der Waals surface area (Å²) in [6.45, 7) is 6.31. The van der Waals surface area contributed by atoms with Gasteiger partial charge in [-0.2, -0.15) is 0 Å². The lowest BCUT2D eigenvalue weighted by atomic mass is 9.47. The van der Waals surface area contributed by atoms with Crippen molar-refractivity contribution in [2.75, 3.05) is 13.2 Å². The number of allylic oxidation sites excluding steroid dienone is 2. The zero-order valence-corrected chi connectivity index (χ0v) is 15.0. The summed E-state index contributed by atoms with van der Waals surface area (Å²) in [5.41, 5.74) is 1.92. The minimum absolute atomic E-state index is 0.0839. The molecule has 2 saturated carbocycles. The summed E-state index contributed by atoms with van der Waals surface area (Å²) in [4.78, 5) is 0. The average molecular weight is 330 g/mol. The number of aliphatic hydroxyl groups excluding tert-OH is 1. The van der Waals surface area contributed by atoms with E-state index in [9.17, 15) is 5.11 Å². The highest BCUT2D eigenvalue weighted by atomic mass is 16.7. The number of fused-ring (bicyclic) bond motifs is 6. The van der Waals surface area contributed by atoms with Gasteiger partial charge in [-0.1, -0.05) is 31.6 Å². The third-order valence-corrected chi connectivity index (χ3v) is 8.36. The van der Waals surface area contributed by atoms with E-state index in [4.69, 9.17) is 9.47 Å². The zero-order valence-electron chi connectivity index (χ0n) is 15.0. The molecule has 0 amide bonds. The predicted octanol–water partition coefficient (Wildman–Crippen LogP) is 3.83. The smallest absolute Gasteiger partial charge is 0.193 e. The lowest BCUT2D eigenvalue weighted by Gasteiger charge is -2.58. The highest BCUT2D eigenvalue weighted by molar-refractivity contribution is 5.30. The number of hydrogen-bond donors (Lipinski definition) is 1. The molecule has 0 aromatic heterocycles. The van der Waals surface area contributed by atoms with E-state index in [1.807, 2.05) is 0 Å². The maximum atomic E-state index is 10.1. The standard InChI is InChI=1S/C21H30O3/c1-19-8-5-15(22)13-14(19)3-4-16-17(19)6-9-20(2)18(16)7-10-21(20)23-11-12-24-21/h3,7,10,15-18,22H,4-6,8-9,11-13H2,1-2H3/t15?,16?,17?,18?,19-,20-/m0/s1. The first kappa shape index (κ1) is 15.6. The lowest BCUT2D eigenvalue weighted by molar-refractivity contribution is -0.222. The van der Waals surface area contributed by atoms with Crippen LogP contribution in [-0.2, 0) is 9.47 Å². The Balaban J connectivity index is 1.50. The second-order valence-electron chi connectivity index (χ2n) is 9.25. The Hall–Kier alpha value is -0.640. The molecule has 24 heavy (non-hydrogen) atoms. The van der Waals surface area contributed by atoms with E-state index < -0.39 is 5.79 Å². The fraction of sp³-hybridized carbons (Fsp3) is 0.810. The van der Waals surface area contributed by atoms with Crippen LogP contribution in [0.3, 0.4) is 0 Å². The van der Waals surface area contributed by atoms with Crippen molar-refractivity contribution >= 4 is 0 Å². The van der Waals surface area contributed by atoms with Gasteiger partial charge in [0, 0.05) is 5.41 Å². The third-order valence-electron chi connectivity index (χ3n) is 8.36. The molecule has 132 valence electrons. The van der Waals surface area contributed by atoms with Gasteiger partial charge in [0.1, 0.15) is 0 Å². The Morgan fingerprint density at radius 1 is 1.12 bits per heavy atom. The molecule has 1 aliphatic heterocycles. The highest BCUT2D eigenvalue weighted by Crippen LogP contribution is 2.66. The molecule has 5 aliphatic rings. The number of ether oxygens (including phenoxy) is 2. The maximum absolute atomic E-state index is 10.1. The fourth-order valence-electron chi connectivity index (χ4n) is 6.93. The Labute approximate surface area is 145 Å². The van der Waals surface area contributed by atoms with Gasteiger partial charge in [-0.15, -0.1) is 0 Å². The van der Waals surface area contributed by atoms with Crippen molar-refractivity contribution in [3.8, 4) is 0 Å². The largest absolute Gasteiger partial charge is 0.393 e. The summed E-state index contributed by atoms with van der Waals surface area (Å²) in [5.74, 6) is 1.52. The van der Waals surface area contributed by atoms with E-state index in [0.29, 0.717) is 17.3 Å². The summed E-state index contributed by atoms with van der Waals surface area (Å²) in [5, 5.41) is 10.1. The minimum Gasteiger partial charge on any atom is -0.393 e. The molecule has 1 heterocycles. The molecule has 4 unspecified atom stereocenters. The first-order valence-electron chi connectivity index (χ1n) is 9.83. The third kappa shape index (κ3) is 1.79. The van der Waals surface area contributed by atoms with Crippen molar-refractivity contribution < 1.29 is 14.6 Å². The van der Waals surface area contributed by atoms with Crippen molar-refractivity contribution in [2.24, 2.45) is 28.6 Å². The summed E-state index contributed by atoms with van der Waals surface area (Å²) in [7, 11) is 0. The monoisotopic (exact) mass is 330 g/mol. The van der Waals surface area contributed by atoms with Crippen LogP contribution in [0.4, 0.5) is 0 Å². The van der Waals surface area contributed by atoms with Crippen molar-refractivity contribution in [1.29, 1.82) is 0 Å². The topological polar surface area (TPSA) is 38.7 Å². The summed E-state index contributed by atoms with van der Waals surface area (Å²) in [6, 6.07) is 0. The first-order chi connectivity index (χ1) is 11.5. The Kier molecular flexibility index (Phi) is 3.22. The van der Waals surface area contributed by atoms with Crippen molar-refractivity contribution in [2.45, 2.75) is 64.3 Å². The normalized spacial score (nSPS) is 51.9. The van der Waals surface area contributed by atoms with Gasteiger partial charge in [-0.3, -0.25) is 0 Å². The van der Waals surface area contributed by atoms with E-state index in [2.05, 4.69) is 32.1 Å².